The smallest absolute Gasteiger partial charge is 0.302 e. The van der Waals surface area contributed by atoms with Gasteiger partial charge in [0.05, 0.1) is 25.4 Å². The fourth-order valence-electron chi connectivity index (χ4n) is 1.35. The first-order valence-corrected chi connectivity index (χ1v) is 6.98. The van der Waals surface area contributed by atoms with Gasteiger partial charge in [0.25, 0.3) is 0 Å². The van der Waals surface area contributed by atoms with Crippen LogP contribution >= 0.6 is 0 Å². The zero-order chi connectivity index (χ0) is 17.4. The maximum Gasteiger partial charge on any atom is 0.302 e. The lowest BCUT2D eigenvalue weighted by atomic mass is 10.2. The molecular formula is C16H26O6. The molecule has 0 aromatic heterocycles. The van der Waals surface area contributed by atoms with Gasteiger partial charge in [-0.1, -0.05) is 12.2 Å². The van der Waals surface area contributed by atoms with E-state index in [1.807, 2.05) is 0 Å². The first-order chi connectivity index (χ1) is 10.4. The average molecular weight is 314 g/mol. The lowest BCUT2D eigenvalue weighted by Crippen LogP contribution is -2.22. The Morgan fingerprint density at radius 3 is 1.50 bits per heavy atom. The van der Waals surface area contributed by atoms with Gasteiger partial charge in [0, 0.05) is 26.7 Å². The van der Waals surface area contributed by atoms with Gasteiger partial charge in [0.1, 0.15) is 6.29 Å². The van der Waals surface area contributed by atoms with Gasteiger partial charge in [0.2, 0.25) is 0 Å². The van der Waals surface area contributed by atoms with Gasteiger partial charge < -0.3 is 19.0 Å². The van der Waals surface area contributed by atoms with Crippen LogP contribution in [0.15, 0.2) is 25.3 Å². The fourth-order valence-corrected chi connectivity index (χ4v) is 1.35. The van der Waals surface area contributed by atoms with Gasteiger partial charge in [-0.3, -0.25) is 9.59 Å². The van der Waals surface area contributed by atoms with E-state index in [1.54, 1.807) is 12.2 Å². The molecule has 0 aliphatic rings. The number of ether oxygens (including phenoxy) is 3. The van der Waals surface area contributed by atoms with Crippen LogP contribution in [0.5, 0.6) is 0 Å². The Hall–Kier alpha value is -1.95. The van der Waals surface area contributed by atoms with Crippen LogP contribution in [-0.4, -0.2) is 43.6 Å². The quantitative estimate of drug-likeness (QED) is 0.349. The topological polar surface area (TPSA) is 78.9 Å². The molecule has 0 saturated heterocycles. The molecule has 2 unspecified atom stereocenters. The maximum atomic E-state index is 10.6. The van der Waals surface area contributed by atoms with Gasteiger partial charge in [-0.05, 0) is 6.92 Å². The predicted molar refractivity (Wildman–Crippen MR) is 83.3 cm³/mol. The monoisotopic (exact) mass is 314 g/mol. The third-order valence-electron chi connectivity index (χ3n) is 2.29. The number of carbonyl (C=O) groups excluding carboxylic acids is 3. The van der Waals surface area contributed by atoms with Crippen LogP contribution in [-0.2, 0) is 28.6 Å². The van der Waals surface area contributed by atoms with E-state index in [0.29, 0.717) is 12.8 Å². The molecule has 22 heavy (non-hydrogen) atoms. The third kappa shape index (κ3) is 16.1. The Balaban J connectivity index is 0. The summed E-state index contributed by atoms with van der Waals surface area (Å²) in [5.41, 5.74) is 0. The van der Waals surface area contributed by atoms with Crippen molar-refractivity contribution in [3.05, 3.63) is 25.3 Å². The lowest BCUT2D eigenvalue weighted by molar-refractivity contribution is -0.141. The Kier molecular flexibility index (Phi) is 15.7. The van der Waals surface area contributed by atoms with E-state index in [1.165, 1.54) is 20.8 Å². The zero-order valence-electron chi connectivity index (χ0n) is 13.6. The molecule has 0 saturated carbocycles. The summed E-state index contributed by atoms with van der Waals surface area (Å²) in [6.07, 6.45) is 4.62. The van der Waals surface area contributed by atoms with Gasteiger partial charge in [-0.2, -0.15) is 0 Å². The minimum atomic E-state index is -0.321. The predicted octanol–water partition coefficient (Wildman–Crippen LogP) is 2.22. The molecule has 0 aliphatic carbocycles. The average Bonchev–Trinajstić information content (AvgIpc) is 2.44. The highest BCUT2D eigenvalue weighted by Crippen LogP contribution is 2.09. The molecule has 0 radical (unpaired) electrons. The standard InChI is InChI=1S/C14H22O5.C2H4O/c1-5-13(7-9-17-11(3)15)19-14(6-2)8-10-18-12(4)16;1-2-3/h5-6,13-14H,1-2,7-10H2,3-4H3;2H,1H3. The van der Waals surface area contributed by atoms with Crippen molar-refractivity contribution >= 4 is 18.2 Å². The van der Waals surface area contributed by atoms with Crippen LogP contribution in [0.3, 0.4) is 0 Å². The Bertz CT molecular complexity index is 321. The van der Waals surface area contributed by atoms with Crippen LogP contribution < -0.4 is 0 Å². The van der Waals surface area contributed by atoms with Crippen molar-refractivity contribution in [1.29, 1.82) is 0 Å². The van der Waals surface area contributed by atoms with Crippen LogP contribution in [0.4, 0.5) is 0 Å². The molecule has 0 fully saturated rings. The number of rotatable bonds is 10. The molecule has 0 amide bonds. The van der Waals surface area contributed by atoms with E-state index >= 15 is 0 Å². The summed E-state index contributed by atoms with van der Waals surface area (Å²) in [6.45, 7) is 12.1. The van der Waals surface area contributed by atoms with E-state index in [4.69, 9.17) is 19.0 Å². The van der Waals surface area contributed by atoms with Crippen molar-refractivity contribution in [2.75, 3.05) is 13.2 Å². The molecule has 6 heteroatoms. The van der Waals surface area contributed by atoms with Crippen LogP contribution in [0, 0.1) is 0 Å². The molecule has 0 aromatic rings. The Morgan fingerprint density at radius 1 is 0.955 bits per heavy atom. The second-order valence-corrected chi connectivity index (χ2v) is 4.18. The summed E-state index contributed by atoms with van der Waals surface area (Å²) < 4.78 is 15.4. The highest BCUT2D eigenvalue weighted by molar-refractivity contribution is 5.66. The second-order valence-electron chi connectivity index (χ2n) is 4.18. The van der Waals surface area contributed by atoms with Crippen molar-refractivity contribution in [2.24, 2.45) is 0 Å². The molecule has 0 heterocycles. The molecule has 2 atom stereocenters. The van der Waals surface area contributed by atoms with Crippen molar-refractivity contribution in [3.8, 4) is 0 Å². The molecule has 0 N–H and O–H groups in total. The molecule has 0 spiro atoms. The summed E-state index contributed by atoms with van der Waals surface area (Å²) in [5.74, 6) is -0.643. The number of hydrogen-bond donors (Lipinski definition) is 0. The summed E-state index contributed by atoms with van der Waals surface area (Å²) in [6, 6.07) is 0. The number of aldehydes is 1. The highest BCUT2D eigenvalue weighted by Gasteiger charge is 2.12. The molecule has 6 nitrogen and oxygen atoms in total. The van der Waals surface area contributed by atoms with Crippen molar-refractivity contribution in [2.45, 2.75) is 45.8 Å². The minimum Gasteiger partial charge on any atom is -0.466 e. The number of hydrogen-bond acceptors (Lipinski definition) is 6. The lowest BCUT2D eigenvalue weighted by Gasteiger charge is -2.20. The van der Waals surface area contributed by atoms with Gasteiger partial charge >= 0.3 is 11.9 Å². The molecule has 126 valence electrons. The normalized spacial score (nSPS) is 12.0. The van der Waals surface area contributed by atoms with Crippen molar-refractivity contribution in [3.63, 3.8) is 0 Å². The summed E-state index contributed by atoms with van der Waals surface area (Å²) in [5, 5.41) is 0. The fraction of sp³-hybridized carbons (Fsp3) is 0.562. The number of carbonyl (C=O) groups is 3. The minimum absolute atomic E-state index is 0.236. The van der Waals surface area contributed by atoms with Gasteiger partial charge in [0.15, 0.2) is 0 Å². The maximum absolute atomic E-state index is 10.6. The van der Waals surface area contributed by atoms with Crippen molar-refractivity contribution < 1.29 is 28.6 Å². The van der Waals surface area contributed by atoms with Gasteiger partial charge in [-0.15, -0.1) is 13.2 Å². The first-order valence-electron chi connectivity index (χ1n) is 6.98. The van der Waals surface area contributed by atoms with Gasteiger partial charge in [-0.25, -0.2) is 0 Å². The Morgan fingerprint density at radius 2 is 1.27 bits per heavy atom. The molecule has 0 aromatic carbocycles. The largest absolute Gasteiger partial charge is 0.466 e. The molecule has 0 bridgehead atoms. The second kappa shape index (κ2) is 15.4. The molecular weight excluding hydrogens is 288 g/mol. The van der Waals surface area contributed by atoms with Crippen LogP contribution in [0.25, 0.3) is 0 Å². The van der Waals surface area contributed by atoms with E-state index in [2.05, 4.69) is 13.2 Å². The third-order valence-corrected chi connectivity index (χ3v) is 2.29. The van der Waals surface area contributed by atoms with E-state index in [0.717, 1.165) is 6.29 Å². The van der Waals surface area contributed by atoms with E-state index in [-0.39, 0.29) is 37.4 Å². The molecule has 0 aliphatic heterocycles. The van der Waals surface area contributed by atoms with Crippen molar-refractivity contribution in [1.82, 2.24) is 0 Å². The van der Waals surface area contributed by atoms with Crippen LogP contribution in [0.1, 0.15) is 33.6 Å². The van der Waals surface area contributed by atoms with E-state index in [9.17, 15) is 9.59 Å². The Labute approximate surface area is 132 Å². The summed E-state index contributed by atoms with van der Waals surface area (Å²) >= 11 is 0. The first kappa shape index (κ1) is 22.3. The van der Waals surface area contributed by atoms with E-state index < -0.39 is 0 Å². The number of esters is 2. The zero-order valence-corrected chi connectivity index (χ0v) is 13.6. The highest BCUT2D eigenvalue weighted by atomic mass is 16.5. The van der Waals surface area contributed by atoms with Crippen LogP contribution in [0.2, 0.25) is 0 Å². The summed E-state index contributed by atoms with van der Waals surface area (Å²) in [4.78, 5) is 30.1. The SMILES string of the molecule is C=CC(CCOC(C)=O)OC(C=C)CCOC(C)=O.CC=O. The molecule has 0 rings (SSSR count). The summed E-state index contributed by atoms with van der Waals surface area (Å²) in [7, 11) is 0.